The molecule has 21 heavy (non-hydrogen) atoms. The third-order valence-electron chi connectivity index (χ3n) is 2.62. The molecule has 0 heterocycles. The van der Waals surface area contributed by atoms with Gasteiger partial charge in [-0.15, -0.1) is 0 Å². The van der Waals surface area contributed by atoms with Crippen LogP contribution < -0.4 is 5.90 Å². The number of benzene rings is 2. The van der Waals surface area contributed by atoms with Crippen LogP contribution in [0.3, 0.4) is 0 Å². The Balaban J connectivity index is 0.000000211. The lowest BCUT2D eigenvalue weighted by Gasteiger charge is -2.23. The van der Waals surface area contributed by atoms with Crippen molar-refractivity contribution in [3.8, 4) is 0 Å². The van der Waals surface area contributed by atoms with Crippen molar-refractivity contribution >= 4 is 5.97 Å². The largest absolute Gasteiger partial charge is 0.370 e. The number of carbonyl (C=O) groups excluding carboxylic acids is 1. The van der Waals surface area contributed by atoms with E-state index in [9.17, 15) is 4.79 Å². The van der Waals surface area contributed by atoms with E-state index in [4.69, 9.17) is 0 Å². The third kappa shape index (κ3) is 7.25. The number of carbonyl (C=O) groups is 1. The predicted molar refractivity (Wildman–Crippen MR) is 84.2 cm³/mol. The SMILES string of the molecule is C[N+](C)(C)Cc1ccccc1.NOC(=O)c1ccccc1. The van der Waals surface area contributed by atoms with E-state index in [0.717, 1.165) is 11.0 Å². The van der Waals surface area contributed by atoms with Crippen LogP contribution in [0.2, 0.25) is 0 Å². The standard InChI is InChI=1S/C10H16N.C7H7NO2/c1-11(2,3)9-10-7-5-4-6-8-10;8-10-7(9)6-4-2-1-3-5-6/h4-8H,9H2,1-3H3;1-5H,8H2/q+1;. The second-order valence-electron chi connectivity index (χ2n) is 5.71. The molecule has 0 spiro atoms. The summed E-state index contributed by atoms with van der Waals surface area (Å²) in [4.78, 5) is 14.7. The lowest BCUT2D eigenvalue weighted by molar-refractivity contribution is -0.884. The average molecular weight is 287 g/mol. The minimum absolute atomic E-state index is 0.463. The van der Waals surface area contributed by atoms with Crippen LogP contribution in [0, 0.1) is 0 Å². The van der Waals surface area contributed by atoms with Gasteiger partial charge in [0.1, 0.15) is 6.54 Å². The molecule has 0 aliphatic carbocycles. The van der Waals surface area contributed by atoms with Crippen molar-refractivity contribution in [1.29, 1.82) is 0 Å². The molecule has 0 unspecified atom stereocenters. The van der Waals surface area contributed by atoms with Crippen molar-refractivity contribution in [2.24, 2.45) is 5.90 Å². The Labute approximate surface area is 126 Å². The highest BCUT2D eigenvalue weighted by Gasteiger charge is 2.06. The van der Waals surface area contributed by atoms with Crippen LogP contribution in [-0.4, -0.2) is 31.6 Å². The van der Waals surface area contributed by atoms with Gasteiger partial charge in [-0.2, -0.15) is 5.90 Å². The van der Waals surface area contributed by atoms with E-state index in [0.29, 0.717) is 5.56 Å². The van der Waals surface area contributed by atoms with Gasteiger partial charge in [0.2, 0.25) is 0 Å². The first-order chi connectivity index (χ1) is 9.92. The maximum absolute atomic E-state index is 10.7. The Morgan fingerprint density at radius 3 is 1.86 bits per heavy atom. The van der Waals surface area contributed by atoms with Crippen LogP contribution in [0.1, 0.15) is 15.9 Å². The molecule has 0 aliphatic heterocycles. The first kappa shape index (κ1) is 16.9. The van der Waals surface area contributed by atoms with Crippen LogP contribution in [0.25, 0.3) is 0 Å². The van der Waals surface area contributed by atoms with Gasteiger partial charge in [-0.25, -0.2) is 4.79 Å². The Morgan fingerprint density at radius 1 is 0.952 bits per heavy atom. The highest BCUT2D eigenvalue weighted by molar-refractivity contribution is 5.88. The molecule has 0 atom stereocenters. The smallest absolute Gasteiger partial charge is 0.356 e. The molecule has 2 aromatic carbocycles. The molecular weight excluding hydrogens is 264 g/mol. The minimum atomic E-state index is -0.513. The van der Waals surface area contributed by atoms with Crippen molar-refractivity contribution in [3.05, 3.63) is 71.8 Å². The van der Waals surface area contributed by atoms with E-state index < -0.39 is 5.97 Å². The van der Waals surface area contributed by atoms with Gasteiger partial charge in [-0.1, -0.05) is 48.5 Å². The third-order valence-corrected chi connectivity index (χ3v) is 2.62. The minimum Gasteiger partial charge on any atom is -0.370 e. The molecule has 2 N–H and O–H groups in total. The summed E-state index contributed by atoms with van der Waals surface area (Å²) in [5, 5.41) is 0. The topological polar surface area (TPSA) is 52.3 Å². The van der Waals surface area contributed by atoms with E-state index in [-0.39, 0.29) is 0 Å². The Hall–Kier alpha value is -2.17. The number of nitrogens with two attached hydrogens (primary N) is 1. The van der Waals surface area contributed by atoms with Gasteiger partial charge >= 0.3 is 5.97 Å². The first-order valence-corrected chi connectivity index (χ1v) is 6.73. The highest BCUT2D eigenvalue weighted by atomic mass is 16.7. The normalized spacial score (nSPS) is 10.3. The van der Waals surface area contributed by atoms with Gasteiger partial charge in [0.05, 0.1) is 26.7 Å². The maximum atomic E-state index is 10.7. The van der Waals surface area contributed by atoms with Gasteiger partial charge in [0, 0.05) is 5.56 Å². The van der Waals surface area contributed by atoms with Crippen LogP contribution in [0.4, 0.5) is 0 Å². The fourth-order valence-corrected chi connectivity index (χ4v) is 1.77. The fraction of sp³-hybridized carbons (Fsp3) is 0.235. The summed E-state index contributed by atoms with van der Waals surface area (Å²) in [7, 11) is 6.60. The summed E-state index contributed by atoms with van der Waals surface area (Å²) in [5.41, 5.74) is 1.87. The fourth-order valence-electron chi connectivity index (χ4n) is 1.77. The van der Waals surface area contributed by atoms with Gasteiger partial charge in [-0.05, 0) is 12.1 Å². The van der Waals surface area contributed by atoms with Crippen LogP contribution in [-0.2, 0) is 11.4 Å². The summed E-state index contributed by atoms with van der Waals surface area (Å²) in [6.07, 6.45) is 0. The van der Waals surface area contributed by atoms with E-state index in [2.05, 4.69) is 62.2 Å². The van der Waals surface area contributed by atoms with Crippen molar-refractivity contribution in [2.75, 3.05) is 21.1 Å². The van der Waals surface area contributed by atoms with Crippen molar-refractivity contribution in [2.45, 2.75) is 6.54 Å². The summed E-state index contributed by atoms with van der Waals surface area (Å²) in [6.45, 7) is 1.10. The molecule has 2 rings (SSSR count). The van der Waals surface area contributed by atoms with Crippen molar-refractivity contribution in [3.63, 3.8) is 0 Å². The average Bonchev–Trinajstić information content (AvgIpc) is 2.47. The summed E-state index contributed by atoms with van der Waals surface area (Å²) in [6, 6.07) is 19.1. The van der Waals surface area contributed by atoms with Crippen LogP contribution >= 0.6 is 0 Å². The zero-order chi connectivity index (χ0) is 15.7. The predicted octanol–water partition coefficient (Wildman–Crippen LogP) is 2.61. The molecule has 4 nitrogen and oxygen atoms in total. The van der Waals surface area contributed by atoms with E-state index in [1.807, 2.05) is 6.07 Å². The molecule has 0 bridgehead atoms. The van der Waals surface area contributed by atoms with E-state index in [1.54, 1.807) is 24.3 Å². The maximum Gasteiger partial charge on any atom is 0.356 e. The highest BCUT2D eigenvalue weighted by Crippen LogP contribution is 2.05. The Morgan fingerprint density at radius 2 is 1.43 bits per heavy atom. The molecular formula is C17H23N2O2+. The number of quaternary nitrogens is 1. The quantitative estimate of drug-likeness (QED) is 0.697. The first-order valence-electron chi connectivity index (χ1n) is 6.73. The number of rotatable bonds is 3. The molecule has 0 aliphatic rings. The molecule has 0 saturated carbocycles. The van der Waals surface area contributed by atoms with E-state index >= 15 is 0 Å². The lowest BCUT2D eigenvalue weighted by atomic mass is 10.2. The molecule has 112 valence electrons. The summed E-state index contributed by atoms with van der Waals surface area (Å²) < 4.78 is 0.990. The van der Waals surface area contributed by atoms with Crippen molar-refractivity contribution < 1.29 is 14.1 Å². The molecule has 0 aromatic heterocycles. The van der Waals surface area contributed by atoms with Crippen LogP contribution in [0.5, 0.6) is 0 Å². The lowest BCUT2D eigenvalue weighted by Crippen LogP contribution is -2.33. The second kappa shape index (κ2) is 8.19. The molecule has 0 radical (unpaired) electrons. The summed E-state index contributed by atoms with van der Waals surface area (Å²) >= 11 is 0. The molecule has 0 fully saturated rings. The molecule has 4 heteroatoms. The molecule has 0 saturated heterocycles. The zero-order valence-corrected chi connectivity index (χ0v) is 12.8. The molecule has 2 aromatic rings. The Bertz CT molecular complexity index is 534. The van der Waals surface area contributed by atoms with Crippen LogP contribution in [0.15, 0.2) is 60.7 Å². The zero-order valence-electron chi connectivity index (χ0n) is 12.8. The van der Waals surface area contributed by atoms with Gasteiger partial charge in [0.15, 0.2) is 0 Å². The summed E-state index contributed by atoms with van der Waals surface area (Å²) in [5.74, 6) is 4.14. The van der Waals surface area contributed by atoms with Gasteiger partial charge < -0.3 is 9.32 Å². The van der Waals surface area contributed by atoms with Crippen molar-refractivity contribution in [1.82, 2.24) is 0 Å². The van der Waals surface area contributed by atoms with Gasteiger partial charge in [0.25, 0.3) is 0 Å². The van der Waals surface area contributed by atoms with E-state index in [1.165, 1.54) is 5.56 Å². The second-order valence-corrected chi connectivity index (χ2v) is 5.71. The number of nitrogens with zero attached hydrogens (tertiary/aromatic N) is 1. The number of hydrogen-bond donors (Lipinski definition) is 1. The van der Waals surface area contributed by atoms with Gasteiger partial charge in [-0.3, -0.25) is 0 Å². The Kier molecular flexibility index (Phi) is 6.59. The molecule has 0 amide bonds. The monoisotopic (exact) mass is 287 g/mol. The number of hydrogen-bond acceptors (Lipinski definition) is 3.